The molecule has 0 bridgehead atoms. The van der Waals surface area contributed by atoms with Crippen LogP contribution in [-0.2, 0) is 0 Å². The predicted molar refractivity (Wildman–Crippen MR) is 233 cm³/mol. The fraction of sp³-hybridized carbons (Fsp3) is 0. The van der Waals surface area contributed by atoms with E-state index in [2.05, 4.69) is 194 Å². The summed E-state index contributed by atoms with van der Waals surface area (Å²) in [5.41, 5.74) is 14.8. The highest BCUT2D eigenvalue weighted by Crippen LogP contribution is 2.38. The van der Waals surface area contributed by atoms with Crippen LogP contribution >= 0.6 is 0 Å². The minimum atomic E-state index is 0.694. The van der Waals surface area contributed by atoms with E-state index in [9.17, 15) is 0 Å². The van der Waals surface area contributed by atoms with Crippen molar-refractivity contribution in [1.82, 2.24) is 15.0 Å². The molecule has 0 amide bonds. The molecule has 0 aliphatic heterocycles. The molecule has 0 fully saturated rings. The van der Waals surface area contributed by atoms with Gasteiger partial charge >= 0.3 is 0 Å². The first-order valence-electron chi connectivity index (χ1n) is 18.9. The van der Waals surface area contributed by atoms with Gasteiger partial charge in [-0.25, -0.2) is 15.0 Å². The van der Waals surface area contributed by atoms with Crippen molar-refractivity contribution in [3.05, 3.63) is 212 Å². The van der Waals surface area contributed by atoms with Crippen molar-refractivity contribution < 1.29 is 0 Å². The molecule has 10 rings (SSSR count). The predicted octanol–water partition coefficient (Wildman–Crippen LogP) is 13.8. The van der Waals surface area contributed by atoms with Crippen LogP contribution in [0.4, 0.5) is 0 Å². The van der Waals surface area contributed by atoms with Crippen molar-refractivity contribution in [1.29, 1.82) is 0 Å². The SMILES string of the molecule is c1ccc(-c2cccc(-c3cc(-c4ccccc4)nc(-c4ccc(-c5ccc(-c6cc(-c7ccccc7)nc7ccc8ccccc8c67)cc5)cc4)n3)c2)cc1. The average molecular weight is 714 g/mol. The summed E-state index contributed by atoms with van der Waals surface area (Å²) in [7, 11) is 0. The zero-order valence-electron chi connectivity index (χ0n) is 30.5. The molecule has 0 saturated carbocycles. The van der Waals surface area contributed by atoms with Crippen LogP contribution in [0.15, 0.2) is 212 Å². The first-order chi connectivity index (χ1) is 27.7. The second kappa shape index (κ2) is 14.4. The fourth-order valence-electron chi connectivity index (χ4n) is 7.62. The molecule has 8 aromatic carbocycles. The van der Waals surface area contributed by atoms with Crippen molar-refractivity contribution in [2.45, 2.75) is 0 Å². The summed E-state index contributed by atoms with van der Waals surface area (Å²) in [6.07, 6.45) is 0. The standard InChI is InChI=1S/C53H35N3/c1-4-13-36(14-5-1)44-20-12-21-45(33-44)51-35-50(42-18-8-3-9-19-42)55-53(56-51)43-29-25-38(26-30-43)37-23-27-40(28-24-37)47-34-49(41-16-6-2-7-17-41)54-48-32-31-39-15-10-11-22-46(39)52(47)48/h1-35H. The summed E-state index contributed by atoms with van der Waals surface area (Å²) in [5.74, 6) is 0.694. The molecule has 0 spiro atoms. The van der Waals surface area contributed by atoms with Gasteiger partial charge in [0.15, 0.2) is 5.82 Å². The molecule has 0 aliphatic rings. The van der Waals surface area contributed by atoms with E-state index in [0.29, 0.717) is 5.82 Å². The maximum absolute atomic E-state index is 5.14. The van der Waals surface area contributed by atoms with Gasteiger partial charge in [-0.15, -0.1) is 0 Å². The van der Waals surface area contributed by atoms with Crippen molar-refractivity contribution in [3.63, 3.8) is 0 Å². The molecule has 10 aromatic rings. The highest BCUT2D eigenvalue weighted by atomic mass is 14.9. The summed E-state index contributed by atoms with van der Waals surface area (Å²) in [5, 5.41) is 3.58. The second-order valence-electron chi connectivity index (χ2n) is 14.0. The van der Waals surface area contributed by atoms with Crippen LogP contribution in [0.1, 0.15) is 0 Å². The lowest BCUT2D eigenvalue weighted by Crippen LogP contribution is -1.96. The van der Waals surface area contributed by atoms with Crippen LogP contribution < -0.4 is 0 Å². The molecular weight excluding hydrogens is 679 g/mol. The molecule has 2 heterocycles. The third-order valence-corrected chi connectivity index (χ3v) is 10.5. The Bertz CT molecular complexity index is 2980. The topological polar surface area (TPSA) is 38.7 Å². The second-order valence-corrected chi connectivity index (χ2v) is 14.0. The number of hydrogen-bond donors (Lipinski definition) is 0. The Morgan fingerprint density at radius 3 is 1.41 bits per heavy atom. The third-order valence-electron chi connectivity index (χ3n) is 10.5. The van der Waals surface area contributed by atoms with Gasteiger partial charge in [-0.2, -0.15) is 0 Å². The number of pyridine rings is 1. The Morgan fingerprint density at radius 2 is 0.750 bits per heavy atom. The molecular formula is C53H35N3. The molecule has 3 nitrogen and oxygen atoms in total. The minimum absolute atomic E-state index is 0.694. The van der Waals surface area contributed by atoms with Crippen LogP contribution in [-0.4, -0.2) is 15.0 Å². The maximum atomic E-state index is 5.14. The first-order valence-corrected chi connectivity index (χ1v) is 18.9. The van der Waals surface area contributed by atoms with Gasteiger partial charge in [-0.1, -0.05) is 188 Å². The lowest BCUT2D eigenvalue weighted by atomic mass is 9.93. The molecule has 2 aromatic heterocycles. The molecule has 3 heteroatoms. The van der Waals surface area contributed by atoms with Gasteiger partial charge in [0, 0.05) is 27.6 Å². The van der Waals surface area contributed by atoms with Crippen molar-refractivity contribution >= 4 is 21.7 Å². The third kappa shape index (κ3) is 6.42. The van der Waals surface area contributed by atoms with E-state index in [4.69, 9.17) is 15.0 Å². The van der Waals surface area contributed by atoms with Crippen LogP contribution in [0.25, 0.3) is 100 Å². The smallest absolute Gasteiger partial charge is 0.160 e. The fourth-order valence-corrected chi connectivity index (χ4v) is 7.62. The van der Waals surface area contributed by atoms with Gasteiger partial charge in [0.25, 0.3) is 0 Å². The van der Waals surface area contributed by atoms with Gasteiger partial charge in [-0.05, 0) is 68.4 Å². The molecule has 0 atom stereocenters. The van der Waals surface area contributed by atoms with E-state index in [1.807, 2.05) is 18.2 Å². The molecule has 262 valence electrons. The van der Waals surface area contributed by atoms with Gasteiger partial charge in [-0.3, -0.25) is 0 Å². The Hall–Kier alpha value is -7.49. The molecule has 0 radical (unpaired) electrons. The Labute approximate surface area is 326 Å². The number of hydrogen-bond acceptors (Lipinski definition) is 3. The van der Waals surface area contributed by atoms with Crippen LogP contribution in [0.5, 0.6) is 0 Å². The minimum Gasteiger partial charge on any atom is -0.248 e. The monoisotopic (exact) mass is 713 g/mol. The van der Waals surface area contributed by atoms with E-state index in [1.165, 1.54) is 27.3 Å². The highest BCUT2D eigenvalue weighted by molar-refractivity contribution is 6.13. The van der Waals surface area contributed by atoms with E-state index in [-0.39, 0.29) is 0 Å². The quantitative estimate of drug-likeness (QED) is 0.154. The lowest BCUT2D eigenvalue weighted by molar-refractivity contribution is 1.18. The number of fused-ring (bicyclic) bond motifs is 3. The molecule has 0 unspecified atom stereocenters. The van der Waals surface area contributed by atoms with Crippen molar-refractivity contribution in [2.24, 2.45) is 0 Å². The largest absolute Gasteiger partial charge is 0.248 e. The van der Waals surface area contributed by atoms with Gasteiger partial charge in [0.2, 0.25) is 0 Å². The summed E-state index contributed by atoms with van der Waals surface area (Å²) in [4.78, 5) is 15.4. The van der Waals surface area contributed by atoms with Crippen LogP contribution in [0.2, 0.25) is 0 Å². The van der Waals surface area contributed by atoms with Gasteiger partial charge in [0.1, 0.15) is 0 Å². The highest BCUT2D eigenvalue weighted by Gasteiger charge is 2.15. The Kier molecular flexibility index (Phi) is 8.51. The molecule has 0 N–H and O–H groups in total. The van der Waals surface area contributed by atoms with Crippen molar-refractivity contribution in [2.75, 3.05) is 0 Å². The van der Waals surface area contributed by atoms with Crippen LogP contribution in [0.3, 0.4) is 0 Å². The lowest BCUT2D eigenvalue weighted by Gasteiger charge is -2.14. The average Bonchev–Trinajstić information content (AvgIpc) is 3.29. The van der Waals surface area contributed by atoms with E-state index in [0.717, 1.165) is 67.1 Å². The zero-order valence-corrected chi connectivity index (χ0v) is 30.5. The summed E-state index contributed by atoms with van der Waals surface area (Å²) in [6.45, 7) is 0. The Morgan fingerprint density at radius 1 is 0.268 bits per heavy atom. The molecule has 0 aliphatic carbocycles. The number of rotatable bonds is 7. The van der Waals surface area contributed by atoms with Gasteiger partial charge < -0.3 is 0 Å². The number of nitrogens with zero attached hydrogens (tertiary/aromatic N) is 3. The summed E-state index contributed by atoms with van der Waals surface area (Å²) < 4.78 is 0. The number of aromatic nitrogens is 3. The van der Waals surface area contributed by atoms with E-state index >= 15 is 0 Å². The van der Waals surface area contributed by atoms with Gasteiger partial charge in [0.05, 0.1) is 22.6 Å². The molecule has 0 saturated heterocycles. The zero-order chi connectivity index (χ0) is 37.3. The number of benzene rings is 8. The first kappa shape index (κ1) is 33.1. The van der Waals surface area contributed by atoms with E-state index < -0.39 is 0 Å². The van der Waals surface area contributed by atoms with Crippen molar-refractivity contribution in [3.8, 4) is 78.5 Å². The summed E-state index contributed by atoms with van der Waals surface area (Å²) in [6, 6.07) is 74.5. The summed E-state index contributed by atoms with van der Waals surface area (Å²) >= 11 is 0. The molecule has 56 heavy (non-hydrogen) atoms. The Balaban J connectivity index is 1.01. The van der Waals surface area contributed by atoms with Crippen LogP contribution in [0, 0.1) is 0 Å². The van der Waals surface area contributed by atoms with E-state index in [1.54, 1.807) is 0 Å². The normalized spacial score (nSPS) is 11.2. The maximum Gasteiger partial charge on any atom is 0.160 e.